The lowest BCUT2D eigenvalue weighted by atomic mass is 10.1. The lowest BCUT2D eigenvalue weighted by Crippen LogP contribution is -2.19. The second-order valence-corrected chi connectivity index (χ2v) is 5.03. The topological polar surface area (TPSA) is 147 Å². The van der Waals surface area contributed by atoms with Gasteiger partial charge >= 0.3 is 11.9 Å². The van der Waals surface area contributed by atoms with E-state index in [-0.39, 0.29) is 27.4 Å². The molecule has 0 aromatic heterocycles. The number of aliphatic carboxylic acids is 2. The Balaban J connectivity index is 2.37. The van der Waals surface area contributed by atoms with Crippen LogP contribution in [-0.4, -0.2) is 37.2 Å². The van der Waals surface area contributed by atoms with Crippen LogP contribution in [0.25, 0.3) is 0 Å². The molecule has 2 aromatic carbocycles. The summed E-state index contributed by atoms with van der Waals surface area (Å²) >= 11 is 0. The van der Waals surface area contributed by atoms with E-state index in [1.54, 1.807) is 0 Å². The monoisotopic (exact) mass is 347 g/mol. The number of carbonyl (C=O) groups is 2. The Morgan fingerprint density at radius 2 is 1.32 bits per heavy atom. The van der Waals surface area contributed by atoms with Crippen molar-refractivity contribution >= 4 is 23.3 Å². The summed E-state index contributed by atoms with van der Waals surface area (Å²) in [6.45, 7) is 0. The van der Waals surface area contributed by atoms with Gasteiger partial charge in [-0.15, -0.1) is 5.43 Å². The van der Waals surface area contributed by atoms with Crippen LogP contribution in [0.5, 0.6) is 0 Å². The van der Waals surface area contributed by atoms with Gasteiger partial charge in [-0.05, 0) is 12.1 Å². The fourth-order valence-corrected chi connectivity index (χ4v) is 2.18. The van der Waals surface area contributed by atoms with Gasteiger partial charge in [0.25, 0.3) is 5.69 Å². The first-order valence-electron chi connectivity index (χ1n) is 7.06. The van der Waals surface area contributed by atoms with Gasteiger partial charge in [0.05, 0.1) is 10.5 Å². The number of nitroso groups, excluding NO2 is 1. The molecule has 2 atom stereocenters. The Labute approximate surface area is 141 Å². The summed E-state index contributed by atoms with van der Waals surface area (Å²) in [6, 6.07) is 11.2. The first kappa shape index (κ1) is 18.0. The number of para-hydroxylation sites is 2. The molecule has 9 nitrogen and oxygen atoms in total. The summed E-state index contributed by atoms with van der Waals surface area (Å²) in [5, 5.41) is 37.2. The molecule has 0 spiro atoms. The van der Waals surface area contributed by atoms with E-state index in [0.29, 0.717) is 0 Å². The quantitative estimate of drug-likeness (QED) is 0.372. The Bertz CT molecular complexity index is 822. The number of nitrogens with zero attached hydrogens (tertiary/aromatic N) is 1. The molecule has 0 bridgehead atoms. The average Bonchev–Trinajstić information content (AvgIpc) is 2.60. The molecule has 130 valence electrons. The molecule has 0 aliphatic heterocycles. The van der Waals surface area contributed by atoms with E-state index in [1.807, 2.05) is 0 Å². The van der Waals surface area contributed by atoms with Crippen LogP contribution < -0.4 is 5.43 Å². The van der Waals surface area contributed by atoms with Crippen LogP contribution in [0.2, 0.25) is 0 Å². The van der Waals surface area contributed by atoms with Crippen LogP contribution in [0.3, 0.4) is 0 Å². The highest BCUT2D eigenvalue weighted by molar-refractivity contribution is 5.77. The standard InChI is InChI=1S/C16H14N2O7/c19-13(15(21)22)9-5-1-3-7-11(9)17-18(25)12-8-4-2-6-10(12)14(20)16(23)24/h1-8,13-14,19-20H,(H2-,17,21,22,23,24,25)/p+1. The summed E-state index contributed by atoms with van der Waals surface area (Å²) in [4.78, 5) is 34.5. The number of nitrogens with one attached hydrogen (secondary N) is 1. The normalized spacial score (nSPS) is 12.9. The molecule has 0 amide bonds. The molecule has 0 aliphatic rings. The molecule has 0 saturated carbocycles. The first-order chi connectivity index (χ1) is 11.8. The van der Waals surface area contributed by atoms with Crippen molar-refractivity contribution in [3.63, 3.8) is 0 Å². The number of carboxylic acids is 2. The lowest BCUT2D eigenvalue weighted by Gasteiger charge is -2.10. The molecular weight excluding hydrogens is 332 g/mol. The molecule has 0 heterocycles. The van der Waals surface area contributed by atoms with Crippen LogP contribution in [0.1, 0.15) is 23.3 Å². The third-order valence-electron chi connectivity index (χ3n) is 3.40. The second-order valence-electron chi connectivity index (χ2n) is 5.03. The zero-order chi connectivity index (χ0) is 18.6. The van der Waals surface area contributed by atoms with E-state index in [4.69, 9.17) is 10.2 Å². The summed E-state index contributed by atoms with van der Waals surface area (Å²) < 4.78 is 0. The third-order valence-corrected chi connectivity index (χ3v) is 3.40. The van der Waals surface area contributed by atoms with Crippen molar-refractivity contribution in [2.75, 3.05) is 5.43 Å². The van der Waals surface area contributed by atoms with E-state index in [0.717, 1.165) is 0 Å². The minimum Gasteiger partial charge on any atom is -0.479 e. The fourth-order valence-electron chi connectivity index (χ4n) is 2.18. The minimum atomic E-state index is -1.91. The Morgan fingerprint density at radius 1 is 0.840 bits per heavy atom. The highest BCUT2D eigenvalue weighted by atomic mass is 16.4. The zero-order valence-corrected chi connectivity index (χ0v) is 12.7. The number of hydrazine groups is 1. The summed E-state index contributed by atoms with van der Waals surface area (Å²) in [5.74, 6) is -3.02. The van der Waals surface area contributed by atoms with E-state index >= 15 is 0 Å². The molecule has 2 rings (SSSR count). The molecule has 0 aliphatic carbocycles. The SMILES string of the molecule is O=C(O)C(O)c1ccccc1N[N+](=O)c1ccccc1C(O)C(=O)O. The maximum atomic E-state index is 12.4. The number of rotatable bonds is 7. The highest BCUT2D eigenvalue weighted by Crippen LogP contribution is 2.28. The van der Waals surface area contributed by atoms with Gasteiger partial charge in [0, 0.05) is 11.6 Å². The molecule has 5 N–H and O–H groups in total. The van der Waals surface area contributed by atoms with Crippen LogP contribution >= 0.6 is 0 Å². The Hall–Kier alpha value is -3.30. The van der Waals surface area contributed by atoms with Gasteiger partial charge in [-0.3, -0.25) is 0 Å². The van der Waals surface area contributed by atoms with Gasteiger partial charge in [-0.2, -0.15) is 0 Å². The van der Waals surface area contributed by atoms with Crippen LogP contribution in [0, 0.1) is 4.91 Å². The van der Waals surface area contributed by atoms with Gasteiger partial charge in [0.2, 0.25) is 0 Å². The number of aliphatic hydroxyl groups is 2. The van der Waals surface area contributed by atoms with Crippen molar-refractivity contribution in [3.05, 3.63) is 64.6 Å². The molecule has 2 aromatic rings. The van der Waals surface area contributed by atoms with Crippen molar-refractivity contribution < 1.29 is 34.9 Å². The first-order valence-corrected chi connectivity index (χ1v) is 7.06. The zero-order valence-electron chi connectivity index (χ0n) is 12.7. The van der Waals surface area contributed by atoms with Crippen molar-refractivity contribution in [3.8, 4) is 0 Å². The van der Waals surface area contributed by atoms with Crippen molar-refractivity contribution in [1.29, 1.82) is 0 Å². The fraction of sp³-hybridized carbons (Fsp3) is 0.125. The van der Waals surface area contributed by atoms with E-state index < -0.39 is 24.1 Å². The molecule has 9 heteroatoms. The summed E-state index contributed by atoms with van der Waals surface area (Å²) in [6.07, 6.45) is -3.76. The van der Waals surface area contributed by atoms with Crippen molar-refractivity contribution in [2.45, 2.75) is 12.2 Å². The van der Waals surface area contributed by atoms with Crippen LogP contribution in [-0.2, 0) is 9.59 Å². The molecule has 0 saturated heterocycles. The van der Waals surface area contributed by atoms with E-state index in [1.165, 1.54) is 48.5 Å². The number of benzene rings is 2. The number of aliphatic hydroxyl groups excluding tert-OH is 2. The number of anilines is 1. The largest absolute Gasteiger partial charge is 0.479 e. The second kappa shape index (κ2) is 7.51. The minimum absolute atomic E-state index is 0.0204. The maximum Gasteiger partial charge on any atom is 0.337 e. The van der Waals surface area contributed by atoms with Crippen molar-refractivity contribution in [1.82, 2.24) is 0 Å². The maximum absolute atomic E-state index is 12.4. The number of carboxylic acid groups (broad SMARTS) is 2. The molecule has 0 fully saturated rings. The van der Waals surface area contributed by atoms with E-state index in [2.05, 4.69) is 5.43 Å². The number of hydrogen-bond acceptors (Lipinski definition) is 5. The van der Waals surface area contributed by atoms with Crippen molar-refractivity contribution in [2.24, 2.45) is 0 Å². The molecule has 2 unspecified atom stereocenters. The third kappa shape index (κ3) is 3.97. The van der Waals surface area contributed by atoms with E-state index in [9.17, 15) is 24.7 Å². The smallest absolute Gasteiger partial charge is 0.337 e. The average molecular weight is 347 g/mol. The summed E-state index contributed by atoms with van der Waals surface area (Å²) in [7, 11) is 0. The highest BCUT2D eigenvalue weighted by Gasteiger charge is 2.29. The number of hydrogen-bond donors (Lipinski definition) is 5. The Kier molecular flexibility index (Phi) is 5.42. The molecule has 0 radical (unpaired) electrons. The Morgan fingerprint density at radius 3 is 1.92 bits per heavy atom. The lowest BCUT2D eigenvalue weighted by molar-refractivity contribution is -0.429. The predicted molar refractivity (Wildman–Crippen MR) is 85.0 cm³/mol. The van der Waals surface area contributed by atoms with Gasteiger partial charge in [0.1, 0.15) is 5.69 Å². The van der Waals surface area contributed by atoms with Crippen LogP contribution in [0.15, 0.2) is 48.5 Å². The summed E-state index contributed by atoms with van der Waals surface area (Å²) in [5.41, 5.74) is 2.00. The molecular formula is C16H15N2O7+. The van der Waals surface area contributed by atoms with Gasteiger partial charge in [-0.25, -0.2) is 9.59 Å². The van der Waals surface area contributed by atoms with Crippen LogP contribution in [0.4, 0.5) is 11.4 Å². The van der Waals surface area contributed by atoms with Gasteiger partial charge in [0.15, 0.2) is 17.1 Å². The molecule has 25 heavy (non-hydrogen) atoms. The van der Waals surface area contributed by atoms with Gasteiger partial charge < -0.3 is 20.4 Å². The van der Waals surface area contributed by atoms with Gasteiger partial charge in [-0.1, -0.05) is 30.3 Å². The predicted octanol–water partition coefficient (Wildman–Crippen LogP) is 1.36.